The lowest BCUT2D eigenvalue weighted by Gasteiger charge is -2.32. The summed E-state index contributed by atoms with van der Waals surface area (Å²) in [5, 5.41) is 0. The van der Waals surface area contributed by atoms with Crippen LogP contribution in [0.2, 0.25) is 0 Å². The Morgan fingerprint density at radius 1 is 1.11 bits per heavy atom. The number of likely N-dealkylation sites (tertiary alicyclic amines) is 1. The smallest absolute Gasteiger partial charge is 0.0715 e. The standard InChI is InChI=1S/C14H28N2O2/c1-12(2)16-5-4-14(10-16)18-11-13(3)15-6-8-17-9-7-15/h12-14H,4-11H2,1-3H3. The molecule has 0 aromatic carbocycles. The monoisotopic (exact) mass is 256 g/mol. The Bertz CT molecular complexity index is 242. The van der Waals surface area contributed by atoms with Gasteiger partial charge in [-0.05, 0) is 27.2 Å². The summed E-state index contributed by atoms with van der Waals surface area (Å²) in [7, 11) is 0. The molecule has 2 aliphatic rings. The van der Waals surface area contributed by atoms with Crippen LogP contribution >= 0.6 is 0 Å². The topological polar surface area (TPSA) is 24.9 Å². The van der Waals surface area contributed by atoms with E-state index in [-0.39, 0.29) is 0 Å². The van der Waals surface area contributed by atoms with Crippen LogP contribution in [0.1, 0.15) is 27.2 Å². The largest absolute Gasteiger partial charge is 0.379 e. The Hall–Kier alpha value is -0.160. The van der Waals surface area contributed by atoms with Gasteiger partial charge >= 0.3 is 0 Å². The van der Waals surface area contributed by atoms with Gasteiger partial charge in [0.2, 0.25) is 0 Å². The first-order valence-corrected chi connectivity index (χ1v) is 7.34. The molecule has 2 aliphatic heterocycles. The van der Waals surface area contributed by atoms with Gasteiger partial charge in [0.1, 0.15) is 0 Å². The molecule has 2 unspecified atom stereocenters. The zero-order chi connectivity index (χ0) is 13.0. The number of hydrogen-bond donors (Lipinski definition) is 0. The van der Waals surface area contributed by atoms with Crippen LogP contribution in [0.4, 0.5) is 0 Å². The van der Waals surface area contributed by atoms with E-state index in [1.54, 1.807) is 0 Å². The van der Waals surface area contributed by atoms with Crippen molar-refractivity contribution in [3.8, 4) is 0 Å². The summed E-state index contributed by atoms with van der Waals surface area (Å²) >= 11 is 0. The Kier molecular flexibility index (Phi) is 5.42. The lowest BCUT2D eigenvalue weighted by molar-refractivity contribution is -0.0227. The van der Waals surface area contributed by atoms with Crippen LogP contribution in [0.3, 0.4) is 0 Å². The Labute approximate surface area is 111 Å². The fraction of sp³-hybridized carbons (Fsp3) is 1.00. The van der Waals surface area contributed by atoms with Crippen molar-refractivity contribution in [3.05, 3.63) is 0 Å². The molecule has 0 bridgehead atoms. The highest BCUT2D eigenvalue weighted by Gasteiger charge is 2.26. The molecule has 2 fully saturated rings. The molecule has 4 nitrogen and oxygen atoms in total. The number of morpholine rings is 1. The van der Waals surface area contributed by atoms with Gasteiger partial charge in [-0.25, -0.2) is 0 Å². The summed E-state index contributed by atoms with van der Waals surface area (Å²) in [4.78, 5) is 4.97. The van der Waals surface area contributed by atoms with Gasteiger partial charge in [-0.3, -0.25) is 9.80 Å². The van der Waals surface area contributed by atoms with E-state index < -0.39 is 0 Å². The van der Waals surface area contributed by atoms with Crippen molar-refractivity contribution in [3.63, 3.8) is 0 Å². The van der Waals surface area contributed by atoms with E-state index in [1.165, 1.54) is 13.0 Å². The third-order valence-corrected chi connectivity index (χ3v) is 4.15. The fourth-order valence-corrected chi connectivity index (χ4v) is 2.76. The summed E-state index contributed by atoms with van der Waals surface area (Å²) in [5.74, 6) is 0. The van der Waals surface area contributed by atoms with Crippen LogP contribution in [0.25, 0.3) is 0 Å². The van der Waals surface area contributed by atoms with E-state index in [0.717, 1.165) is 39.5 Å². The van der Waals surface area contributed by atoms with Gasteiger partial charge in [-0.2, -0.15) is 0 Å². The van der Waals surface area contributed by atoms with Crippen LogP contribution in [0, 0.1) is 0 Å². The molecule has 0 radical (unpaired) electrons. The minimum absolute atomic E-state index is 0.441. The van der Waals surface area contributed by atoms with Gasteiger partial charge in [-0.1, -0.05) is 0 Å². The van der Waals surface area contributed by atoms with Crippen LogP contribution in [0.5, 0.6) is 0 Å². The summed E-state index contributed by atoms with van der Waals surface area (Å²) in [6, 6.07) is 1.16. The van der Waals surface area contributed by atoms with Crippen molar-refractivity contribution >= 4 is 0 Å². The first-order chi connectivity index (χ1) is 8.66. The molecule has 0 N–H and O–H groups in total. The van der Waals surface area contributed by atoms with E-state index in [1.807, 2.05) is 0 Å². The molecule has 0 aliphatic carbocycles. The Morgan fingerprint density at radius 3 is 2.44 bits per heavy atom. The molecule has 0 spiro atoms. The predicted molar refractivity (Wildman–Crippen MR) is 72.9 cm³/mol. The molecule has 106 valence electrons. The van der Waals surface area contributed by atoms with E-state index >= 15 is 0 Å². The molecule has 0 aromatic rings. The third-order valence-electron chi connectivity index (χ3n) is 4.15. The van der Waals surface area contributed by atoms with Gasteiger partial charge in [0.05, 0.1) is 25.9 Å². The molecule has 0 amide bonds. The van der Waals surface area contributed by atoms with Crippen molar-refractivity contribution in [2.24, 2.45) is 0 Å². The fourth-order valence-electron chi connectivity index (χ4n) is 2.76. The van der Waals surface area contributed by atoms with Gasteiger partial charge in [0.25, 0.3) is 0 Å². The zero-order valence-corrected chi connectivity index (χ0v) is 12.1. The highest BCUT2D eigenvalue weighted by atomic mass is 16.5. The second-order valence-corrected chi connectivity index (χ2v) is 5.83. The van der Waals surface area contributed by atoms with E-state index in [4.69, 9.17) is 9.47 Å². The molecule has 18 heavy (non-hydrogen) atoms. The van der Waals surface area contributed by atoms with Crippen LogP contribution in [-0.2, 0) is 9.47 Å². The second-order valence-electron chi connectivity index (χ2n) is 5.83. The first kappa shape index (κ1) is 14.3. The average Bonchev–Trinajstić information content (AvgIpc) is 2.86. The summed E-state index contributed by atoms with van der Waals surface area (Å²) in [5.41, 5.74) is 0. The van der Waals surface area contributed by atoms with Gasteiger partial charge < -0.3 is 9.47 Å². The normalized spacial score (nSPS) is 29.0. The van der Waals surface area contributed by atoms with Crippen molar-refractivity contribution in [2.45, 2.75) is 45.4 Å². The van der Waals surface area contributed by atoms with Crippen LogP contribution < -0.4 is 0 Å². The third kappa shape index (κ3) is 3.92. The minimum Gasteiger partial charge on any atom is -0.379 e. The Morgan fingerprint density at radius 2 is 1.83 bits per heavy atom. The first-order valence-electron chi connectivity index (χ1n) is 7.34. The number of ether oxygens (including phenoxy) is 2. The van der Waals surface area contributed by atoms with Gasteiger partial charge in [0, 0.05) is 38.3 Å². The molecule has 2 rings (SSSR count). The molecule has 2 saturated heterocycles. The summed E-state index contributed by atoms with van der Waals surface area (Å²) in [6.07, 6.45) is 1.63. The number of hydrogen-bond acceptors (Lipinski definition) is 4. The minimum atomic E-state index is 0.441. The maximum Gasteiger partial charge on any atom is 0.0715 e. The molecule has 4 heteroatoms. The SMILES string of the molecule is CC(C)N1CCC(OCC(C)N2CCOCC2)C1. The molecule has 2 atom stereocenters. The van der Waals surface area contributed by atoms with Crippen LogP contribution in [0.15, 0.2) is 0 Å². The maximum absolute atomic E-state index is 6.07. The highest BCUT2D eigenvalue weighted by Crippen LogP contribution is 2.16. The number of rotatable bonds is 5. The van der Waals surface area contributed by atoms with E-state index in [0.29, 0.717) is 18.2 Å². The zero-order valence-electron chi connectivity index (χ0n) is 12.1. The van der Waals surface area contributed by atoms with Crippen LogP contribution in [-0.4, -0.2) is 74.0 Å². The molecule has 2 heterocycles. The molecule has 0 aromatic heterocycles. The van der Waals surface area contributed by atoms with Gasteiger partial charge in [-0.15, -0.1) is 0 Å². The second kappa shape index (κ2) is 6.85. The summed E-state index contributed by atoms with van der Waals surface area (Å²) in [6.45, 7) is 13.8. The highest BCUT2D eigenvalue weighted by molar-refractivity contribution is 4.79. The molecular weight excluding hydrogens is 228 g/mol. The van der Waals surface area contributed by atoms with Crippen molar-refractivity contribution in [1.29, 1.82) is 0 Å². The lowest BCUT2D eigenvalue weighted by Crippen LogP contribution is -2.44. The van der Waals surface area contributed by atoms with Gasteiger partial charge in [0.15, 0.2) is 0 Å². The number of nitrogens with zero attached hydrogens (tertiary/aromatic N) is 2. The molecular formula is C14H28N2O2. The van der Waals surface area contributed by atoms with E-state index in [2.05, 4.69) is 30.6 Å². The average molecular weight is 256 g/mol. The van der Waals surface area contributed by atoms with E-state index in [9.17, 15) is 0 Å². The maximum atomic E-state index is 6.07. The summed E-state index contributed by atoms with van der Waals surface area (Å²) < 4.78 is 11.5. The quantitative estimate of drug-likeness (QED) is 0.738. The Balaban J connectivity index is 1.65. The molecule has 0 saturated carbocycles. The van der Waals surface area contributed by atoms with Crippen molar-refractivity contribution in [1.82, 2.24) is 9.80 Å². The predicted octanol–water partition coefficient (Wildman–Crippen LogP) is 1.21. The lowest BCUT2D eigenvalue weighted by atomic mass is 10.2. The van der Waals surface area contributed by atoms with Crippen molar-refractivity contribution in [2.75, 3.05) is 46.0 Å². The van der Waals surface area contributed by atoms with Crippen molar-refractivity contribution < 1.29 is 9.47 Å².